The van der Waals surface area contributed by atoms with E-state index in [1.165, 1.54) is 43.4 Å². The zero-order chi connectivity index (χ0) is 17.1. The van der Waals surface area contributed by atoms with Crippen molar-refractivity contribution in [2.75, 3.05) is 0 Å². The molecule has 0 saturated carbocycles. The molecule has 6 aromatic rings. The molecule has 2 heteroatoms. The standard InChI is InChI=1S/C24H14OS/c1-4-8-19-15(5-1)9-10-20-22-18-7-3-2-6-16(18)13-21(17-11-12-26-14-17)24(22)25-23(19)20/h1-14H. The van der Waals surface area contributed by atoms with E-state index >= 15 is 0 Å². The summed E-state index contributed by atoms with van der Waals surface area (Å²) in [7, 11) is 0. The van der Waals surface area contributed by atoms with Crippen molar-refractivity contribution in [3.63, 3.8) is 0 Å². The molecule has 2 heterocycles. The summed E-state index contributed by atoms with van der Waals surface area (Å²) in [6, 6.07) is 25.8. The van der Waals surface area contributed by atoms with Crippen LogP contribution in [0.3, 0.4) is 0 Å². The Hall–Kier alpha value is -3.10. The van der Waals surface area contributed by atoms with Gasteiger partial charge < -0.3 is 4.42 Å². The topological polar surface area (TPSA) is 13.1 Å². The number of hydrogen-bond donors (Lipinski definition) is 0. The molecule has 0 aliphatic heterocycles. The first-order chi connectivity index (χ1) is 12.9. The Morgan fingerprint density at radius 1 is 0.654 bits per heavy atom. The second kappa shape index (κ2) is 5.20. The van der Waals surface area contributed by atoms with Crippen LogP contribution >= 0.6 is 11.3 Å². The summed E-state index contributed by atoms with van der Waals surface area (Å²) in [4.78, 5) is 0. The third kappa shape index (κ3) is 1.85. The maximum atomic E-state index is 6.53. The fourth-order valence-corrected chi connectivity index (χ4v) is 4.64. The lowest BCUT2D eigenvalue weighted by Crippen LogP contribution is -1.80. The van der Waals surface area contributed by atoms with Gasteiger partial charge in [-0.25, -0.2) is 0 Å². The minimum Gasteiger partial charge on any atom is -0.455 e. The Kier molecular flexibility index (Phi) is 2.82. The van der Waals surface area contributed by atoms with Crippen LogP contribution < -0.4 is 0 Å². The van der Waals surface area contributed by atoms with Gasteiger partial charge in [0.1, 0.15) is 11.2 Å². The first-order valence-corrected chi connectivity index (χ1v) is 9.63. The van der Waals surface area contributed by atoms with E-state index in [4.69, 9.17) is 4.42 Å². The van der Waals surface area contributed by atoms with Gasteiger partial charge in [0.05, 0.1) is 0 Å². The van der Waals surface area contributed by atoms with E-state index in [0.717, 1.165) is 11.2 Å². The number of rotatable bonds is 1. The molecule has 6 rings (SSSR count). The molecule has 0 N–H and O–H groups in total. The SMILES string of the molecule is c1ccc2c(c1)ccc1c2oc2c(-c3ccsc3)cc3ccccc3c21. The summed E-state index contributed by atoms with van der Waals surface area (Å²) in [5.74, 6) is 0. The Morgan fingerprint density at radius 3 is 2.31 bits per heavy atom. The highest BCUT2D eigenvalue weighted by atomic mass is 32.1. The van der Waals surface area contributed by atoms with Gasteiger partial charge in [0.25, 0.3) is 0 Å². The monoisotopic (exact) mass is 350 g/mol. The van der Waals surface area contributed by atoms with Gasteiger partial charge in [0, 0.05) is 21.7 Å². The summed E-state index contributed by atoms with van der Waals surface area (Å²) in [5.41, 5.74) is 4.34. The highest BCUT2D eigenvalue weighted by Crippen LogP contribution is 2.43. The van der Waals surface area contributed by atoms with Gasteiger partial charge in [-0.05, 0) is 50.7 Å². The van der Waals surface area contributed by atoms with Crippen LogP contribution in [0.5, 0.6) is 0 Å². The molecule has 0 unspecified atom stereocenters. The zero-order valence-corrected chi connectivity index (χ0v) is 14.7. The van der Waals surface area contributed by atoms with E-state index in [2.05, 4.69) is 83.6 Å². The number of hydrogen-bond acceptors (Lipinski definition) is 2. The molecule has 0 saturated heterocycles. The van der Waals surface area contributed by atoms with Crippen LogP contribution in [0.2, 0.25) is 0 Å². The molecule has 0 spiro atoms. The molecule has 26 heavy (non-hydrogen) atoms. The molecule has 0 radical (unpaired) electrons. The van der Waals surface area contributed by atoms with Crippen molar-refractivity contribution >= 4 is 54.8 Å². The van der Waals surface area contributed by atoms with Gasteiger partial charge in [-0.2, -0.15) is 11.3 Å². The summed E-state index contributed by atoms with van der Waals surface area (Å²) < 4.78 is 6.53. The highest BCUT2D eigenvalue weighted by Gasteiger charge is 2.17. The first kappa shape index (κ1) is 14.1. The summed E-state index contributed by atoms with van der Waals surface area (Å²) >= 11 is 1.72. The first-order valence-electron chi connectivity index (χ1n) is 8.68. The minimum absolute atomic E-state index is 0.978. The van der Waals surface area contributed by atoms with Crippen molar-refractivity contribution in [1.82, 2.24) is 0 Å². The maximum Gasteiger partial charge on any atom is 0.143 e. The van der Waals surface area contributed by atoms with Crippen molar-refractivity contribution in [3.8, 4) is 11.1 Å². The third-order valence-electron chi connectivity index (χ3n) is 5.19. The fourth-order valence-electron chi connectivity index (χ4n) is 3.99. The average molecular weight is 350 g/mol. The molecule has 0 bridgehead atoms. The van der Waals surface area contributed by atoms with E-state index < -0.39 is 0 Å². The molecule has 0 fully saturated rings. The van der Waals surface area contributed by atoms with Crippen LogP contribution in [-0.4, -0.2) is 0 Å². The molecule has 0 amide bonds. The lowest BCUT2D eigenvalue weighted by Gasteiger charge is -2.05. The smallest absolute Gasteiger partial charge is 0.143 e. The van der Waals surface area contributed by atoms with Crippen LogP contribution in [0.1, 0.15) is 0 Å². The van der Waals surface area contributed by atoms with Crippen LogP contribution in [0.15, 0.2) is 88.0 Å². The number of benzene rings is 4. The van der Waals surface area contributed by atoms with Crippen LogP contribution in [0.25, 0.3) is 54.6 Å². The number of thiophene rings is 1. The van der Waals surface area contributed by atoms with Crippen LogP contribution in [-0.2, 0) is 0 Å². The van der Waals surface area contributed by atoms with Gasteiger partial charge in [0.15, 0.2) is 0 Å². The van der Waals surface area contributed by atoms with Gasteiger partial charge in [0.2, 0.25) is 0 Å². The van der Waals surface area contributed by atoms with Crippen molar-refractivity contribution in [3.05, 3.63) is 83.6 Å². The predicted molar refractivity (Wildman–Crippen MR) is 112 cm³/mol. The van der Waals surface area contributed by atoms with Crippen molar-refractivity contribution < 1.29 is 4.42 Å². The Balaban J connectivity index is 1.91. The van der Waals surface area contributed by atoms with Crippen molar-refractivity contribution in [2.24, 2.45) is 0 Å². The quantitative estimate of drug-likeness (QED) is 0.297. The maximum absolute atomic E-state index is 6.53. The number of fused-ring (bicyclic) bond motifs is 7. The molecular weight excluding hydrogens is 336 g/mol. The molecular formula is C24H14OS. The average Bonchev–Trinajstić information content (AvgIpc) is 3.35. The van der Waals surface area contributed by atoms with E-state index in [-0.39, 0.29) is 0 Å². The second-order valence-corrected chi connectivity index (χ2v) is 7.41. The molecule has 2 aromatic heterocycles. The van der Waals surface area contributed by atoms with Crippen molar-refractivity contribution in [2.45, 2.75) is 0 Å². The van der Waals surface area contributed by atoms with Gasteiger partial charge in [-0.1, -0.05) is 54.6 Å². The van der Waals surface area contributed by atoms with E-state index in [1.807, 2.05) is 0 Å². The van der Waals surface area contributed by atoms with E-state index in [1.54, 1.807) is 11.3 Å². The molecule has 0 aliphatic rings. The molecule has 0 atom stereocenters. The Labute approximate surface area is 154 Å². The van der Waals surface area contributed by atoms with E-state index in [9.17, 15) is 0 Å². The lowest BCUT2D eigenvalue weighted by molar-refractivity contribution is 0.674. The summed E-state index contributed by atoms with van der Waals surface area (Å²) in [6.45, 7) is 0. The van der Waals surface area contributed by atoms with E-state index in [0.29, 0.717) is 0 Å². The molecule has 1 nitrogen and oxygen atoms in total. The van der Waals surface area contributed by atoms with Gasteiger partial charge >= 0.3 is 0 Å². The largest absolute Gasteiger partial charge is 0.455 e. The Bertz CT molecular complexity index is 1420. The van der Waals surface area contributed by atoms with Gasteiger partial charge in [-0.15, -0.1) is 0 Å². The van der Waals surface area contributed by atoms with Gasteiger partial charge in [-0.3, -0.25) is 0 Å². The van der Waals surface area contributed by atoms with Crippen LogP contribution in [0, 0.1) is 0 Å². The van der Waals surface area contributed by atoms with Crippen LogP contribution in [0.4, 0.5) is 0 Å². The Morgan fingerprint density at radius 2 is 1.46 bits per heavy atom. The molecule has 122 valence electrons. The fraction of sp³-hybridized carbons (Fsp3) is 0. The predicted octanol–water partition coefficient (Wildman–Crippen LogP) is 7.62. The molecule has 4 aromatic carbocycles. The minimum atomic E-state index is 0.978. The molecule has 0 aliphatic carbocycles. The second-order valence-electron chi connectivity index (χ2n) is 6.63. The lowest BCUT2D eigenvalue weighted by atomic mass is 9.97. The third-order valence-corrected chi connectivity index (χ3v) is 5.87. The highest BCUT2D eigenvalue weighted by molar-refractivity contribution is 7.08. The number of furan rings is 1. The zero-order valence-electron chi connectivity index (χ0n) is 13.9. The van der Waals surface area contributed by atoms with Crippen molar-refractivity contribution in [1.29, 1.82) is 0 Å². The summed E-state index contributed by atoms with van der Waals surface area (Å²) in [6.07, 6.45) is 0. The summed E-state index contributed by atoms with van der Waals surface area (Å²) in [5, 5.41) is 11.6. The normalized spacial score (nSPS) is 11.8.